The van der Waals surface area contributed by atoms with Crippen molar-refractivity contribution in [3.05, 3.63) is 35.4 Å². The summed E-state index contributed by atoms with van der Waals surface area (Å²) < 4.78 is 37.8. The van der Waals surface area contributed by atoms with Crippen molar-refractivity contribution in [1.82, 2.24) is 5.32 Å². The second-order valence-corrected chi connectivity index (χ2v) is 6.45. The van der Waals surface area contributed by atoms with Gasteiger partial charge in [-0.1, -0.05) is 38.3 Å². The lowest BCUT2D eigenvalue weighted by molar-refractivity contribution is -0.137. The maximum Gasteiger partial charge on any atom is 0.416 e. The number of hydrogen-bond donors (Lipinski definition) is 1. The maximum absolute atomic E-state index is 12.6. The molecule has 1 fully saturated rings. The van der Waals surface area contributed by atoms with E-state index in [2.05, 4.69) is 12.2 Å². The van der Waals surface area contributed by atoms with Crippen molar-refractivity contribution in [1.29, 1.82) is 0 Å². The normalized spacial score (nSPS) is 20.2. The second-order valence-electron chi connectivity index (χ2n) is 6.45. The maximum atomic E-state index is 12.6. The molecule has 1 atom stereocenters. The van der Waals surface area contributed by atoms with Crippen LogP contribution >= 0.6 is 0 Å². The molecule has 1 unspecified atom stereocenters. The van der Waals surface area contributed by atoms with Gasteiger partial charge < -0.3 is 5.32 Å². The van der Waals surface area contributed by atoms with Crippen LogP contribution in [0.25, 0.3) is 0 Å². The molecule has 4 heteroatoms. The smallest absolute Gasteiger partial charge is 0.316 e. The average molecular weight is 299 g/mol. The molecule has 0 aliphatic heterocycles. The number of nitrogens with one attached hydrogen (secondary N) is 1. The minimum absolute atomic E-state index is 0.246. The van der Waals surface area contributed by atoms with Gasteiger partial charge in [0.15, 0.2) is 0 Å². The molecule has 0 amide bonds. The van der Waals surface area contributed by atoms with E-state index in [1.807, 2.05) is 7.05 Å². The fraction of sp³-hybridized carbons (Fsp3) is 0.647. The van der Waals surface area contributed by atoms with Gasteiger partial charge in [0.1, 0.15) is 0 Å². The first-order valence-electron chi connectivity index (χ1n) is 7.68. The summed E-state index contributed by atoms with van der Waals surface area (Å²) in [6, 6.07) is 5.91. The van der Waals surface area contributed by atoms with Crippen LogP contribution in [0.15, 0.2) is 24.3 Å². The molecule has 0 bridgehead atoms. The molecule has 0 radical (unpaired) electrons. The number of benzene rings is 1. The van der Waals surface area contributed by atoms with Gasteiger partial charge in [0, 0.05) is 6.04 Å². The first-order valence-corrected chi connectivity index (χ1v) is 7.68. The summed E-state index contributed by atoms with van der Waals surface area (Å²) in [7, 11) is 1.95. The molecular formula is C17H24F3N. The summed E-state index contributed by atoms with van der Waals surface area (Å²) in [5.74, 6) is 0. The molecule has 1 aliphatic rings. The molecule has 1 aliphatic carbocycles. The highest BCUT2D eigenvalue weighted by Crippen LogP contribution is 2.40. The first-order chi connectivity index (χ1) is 9.85. The molecule has 0 spiro atoms. The Balaban J connectivity index is 2.08. The highest BCUT2D eigenvalue weighted by molar-refractivity contribution is 5.25. The summed E-state index contributed by atoms with van der Waals surface area (Å²) in [4.78, 5) is 0. The minimum Gasteiger partial charge on any atom is -0.316 e. The first kappa shape index (κ1) is 16.3. The van der Waals surface area contributed by atoms with Crippen LogP contribution in [0.5, 0.6) is 0 Å². The van der Waals surface area contributed by atoms with Crippen LogP contribution in [0.3, 0.4) is 0 Å². The van der Waals surface area contributed by atoms with Gasteiger partial charge in [0.25, 0.3) is 0 Å². The predicted octanol–water partition coefficient (Wildman–Crippen LogP) is 4.81. The fourth-order valence-electron chi connectivity index (χ4n) is 3.47. The Bertz CT molecular complexity index is 444. The van der Waals surface area contributed by atoms with Crippen LogP contribution in [0, 0.1) is 5.41 Å². The van der Waals surface area contributed by atoms with Crippen molar-refractivity contribution in [3.63, 3.8) is 0 Å². The van der Waals surface area contributed by atoms with Crippen molar-refractivity contribution in [2.24, 2.45) is 5.41 Å². The number of likely N-dealkylation sites (N-methyl/N-ethyl adjacent to an activating group) is 1. The third kappa shape index (κ3) is 4.00. The van der Waals surface area contributed by atoms with Crippen LogP contribution in [0.2, 0.25) is 0 Å². The molecule has 0 saturated heterocycles. The summed E-state index contributed by atoms with van der Waals surface area (Å²) in [5.41, 5.74) is 0.640. The van der Waals surface area contributed by atoms with E-state index in [1.54, 1.807) is 12.1 Å². The average Bonchev–Trinajstić information content (AvgIpc) is 2.45. The van der Waals surface area contributed by atoms with E-state index in [0.717, 1.165) is 12.0 Å². The van der Waals surface area contributed by atoms with Gasteiger partial charge in [-0.2, -0.15) is 13.2 Å². The van der Waals surface area contributed by atoms with Gasteiger partial charge in [0.05, 0.1) is 5.56 Å². The number of rotatable bonds is 4. The van der Waals surface area contributed by atoms with Gasteiger partial charge in [-0.25, -0.2) is 0 Å². The zero-order chi connectivity index (χ0) is 15.5. The second kappa shape index (κ2) is 6.39. The van der Waals surface area contributed by atoms with E-state index in [0.29, 0.717) is 6.04 Å². The van der Waals surface area contributed by atoms with E-state index < -0.39 is 11.7 Å². The van der Waals surface area contributed by atoms with Gasteiger partial charge in [-0.3, -0.25) is 0 Å². The predicted molar refractivity (Wildman–Crippen MR) is 79.2 cm³/mol. The van der Waals surface area contributed by atoms with Crippen molar-refractivity contribution in [2.45, 2.75) is 57.7 Å². The zero-order valence-corrected chi connectivity index (χ0v) is 12.8. The van der Waals surface area contributed by atoms with E-state index in [9.17, 15) is 13.2 Å². The lowest BCUT2D eigenvalue weighted by Gasteiger charge is -2.41. The standard InChI is InChI=1S/C17H24F3N/c1-16(10-4-3-5-11-16)15(21-2)12-13-6-8-14(9-7-13)17(18,19)20/h6-9,15,21H,3-5,10-12H2,1-2H3. The monoisotopic (exact) mass is 299 g/mol. The largest absolute Gasteiger partial charge is 0.416 e. The molecule has 2 rings (SSSR count). The van der Waals surface area contributed by atoms with Gasteiger partial charge >= 0.3 is 6.18 Å². The highest BCUT2D eigenvalue weighted by atomic mass is 19.4. The number of hydrogen-bond acceptors (Lipinski definition) is 1. The zero-order valence-electron chi connectivity index (χ0n) is 12.8. The van der Waals surface area contributed by atoms with Crippen molar-refractivity contribution < 1.29 is 13.2 Å². The fourth-order valence-corrected chi connectivity index (χ4v) is 3.47. The molecule has 118 valence electrons. The molecular weight excluding hydrogens is 275 g/mol. The summed E-state index contributed by atoms with van der Waals surface area (Å²) >= 11 is 0. The molecule has 1 N–H and O–H groups in total. The molecule has 21 heavy (non-hydrogen) atoms. The Morgan fingerprint density at radius 3 is 2.14 bits per heavy atom. The van der Waals surface area contributed by atoms with Crippen LogP contribution < -0.4 is 5.32 Å². The van der Waals surface area contributed by atoms with Gasteiger partial charge in [-0.15, -0.1) is 0 Å². The SMILES string of the molecule is CNC(Cc1ccc(C(F)(F)F)cc1)C1(C)CCCCC1. The van der Waals surface area contributed by atoms with Crippen LogP contribution in [-0.4, -0.2) is 13.1 Å². The molecule has 1 saturated carbocycles. The van der Waals surface area contributed by atoms with Gasteiger partial charge in [0.2, 0.25) is 0 Å². The molecule has 0 heterocycles. The summed E-state index contributed by atoms with van der Waals surface area (Å²) in [6.45, 7) is 2.30. The Morgan fingerprint density at radius 1 is 1.10 bits per heavy atom. The van der Waals surface area contributed by atoms with Crippen LogP contribution in [0.4, 0.5) is 13.2 Å². The topological polar surface area (TPSA) is 12.0 Å². The van der Waals surface area contributed by atoms with Crippen molar-refractivity contribution in [3.8, 4) is 0 Å². The summed E-state index contributed by atoms with van der Waals surface area (Å²) in [5, 5.41) is 3.38. The Morgan fingerprint density at radius 2 is 1.67 bits per heavy atom. The Kier molecular flexibility index (Phi) is 4.97. The number of alkyl halides is 3. The summed E-state index contributed by atoms with van der Waals surface area (Å²) in [6.07, 6.45) is 2.72. The molecule has 1 nitrogen and oxygen atoms in total. The van der Waals surface area contributed by atoms with E-state index in [-0.39, 0.29) is 5.41 Å². The number of halogens is 3. The van der Waals surface area contributed by atoms with Gasteiger partial charge in [-0.05, 0) is 49.4 Å². The third-order valence-electron chi connectivity index (χ3n) is 4.91. The van der Waals surface area contributed by atoms with E-state index in [4.69, 9.17) is 0 Å². The van der Waals surface area contributed by atoms with Crippen molar-refractivity contribution in [2.75, 3.05) is 7.05 Å². The van der Waals surface area contributed by atoms with Crippen LogP contribution in [-0.2, 0) is 12.6 Å². The van der Waals surface area contributed by atoms with E-state index >= 15 is 0 Å². The third-order valence-corrected chi connectivity index (χ3v) is 4.91. The highest BCUT2D eigenvalue weighted by Gasteiger charge is 2.35. The molecule has 0 aromatic heterocycles. The van der Waals surface area contributed by atoms with Crippen LogP contribution in [0.1, 0.15) is 50.2 Å². The molecule has 1 aromatic carbocycles. The Hall–Kier alpha value is -1.03. The Labute approximate surface area is 124 Å². The lowest BCUT2D eigenvalue weighted by atomic mass is 9.69. The molecule has 1 aromatic rings. The van der Waals surface area contributed by atoms with Crippen molar-refractivity contribution >= 4 is 0 Å². The quantitative estimate of drug-likeness (QED) is 0.841. The minimum atomic E-state index is -4.25. The lowest BCUT2D eigenvalue weighted by Crippen LogP contribution is -2.44. The van der Waals surface area contributed by atoms with E-state index in [1.165, 1.54) is 44.2 Å².